The summed E-state index contributed by atoms with van der Waals surface area (Å²) in [6, 6.07) is 1.74. The van der Waals surface area contributed by atoms with Crippen LogP contribution < -0.4 is 10.6 Å². The van der Waals surface area contributed by atoms with Gasteiger partial charge in [0.1, 0.15) is 5.69 Å². The highest BCUT2D eigenvalue weighted by Crippen LogP contribution is 2.09. The van der Waals surface area contributed by atoms with Gasteiger partial charge in [-0.15, -0.1) is 0 Å². The van der Waals surface area contributed by atoms with Crippen molar-refractivity contribution >= 4 is 21.8 Å². The van der Waals surface area contributed by atoms with Crippen LogP contribution in [0.3, 0.4) is 0 Å². The summed E-state index contributed by atoms with van der Waals surface area (Å²) in [5.74, 6) is -0.0825. The first-order valence-electron chi connectivity index (χ1n) is 4.00. The number of nitrogens with one attached hydrogen (secondary N) is 3. The van der Waals surface area contributed by atoms with Crippen molar-refractivity contribution in [3.05, 3.63) is 22.4 Å². The number of likely N-dealkylation sites (N-methyl/N-ethyl adjacent to an activating group) is 1. The second-order valence-electron chi connectivity index (χ2n) is 2.59. The number of hydrogen-bond acceptors (Lipinski definition) is 2. The van der Waals surface area contributed by atoms with Crippen LogP contribution in [0, 0.1) is 0 Å². The van der Waals surface area contributed by atoms with Crippen LogP contribution in [0.4, 0.5) is 0 Å². The Morgan fingerprint density at radius 1 is 1.62 bits per heavy atom. The van der Waals surface area contributed by atoms with Crippen LogP contribution in [-0.4, -0.2) is 31.0 Å². The summed E-state index contributed by atoms with van der Waals surface area (Å²) in [6.07, 6.45) is 1.73. The third-order valence-electron chi connectivity index (χ3n) is 1.55. The molecule has 0 atom stereocenters. The van der Waals surface area contributed by atoms with Gasteiger partial charge in [0.25, 0.3) is 5.91 Å². The first kappa shape index (κ1) is 10.3. The molecule has 0 unspecified atom stereocenters. The molecule has 0 radical (unpaired) electrons. The van der Waals surface area contributed by atoms with E-state index in [0.717, 1.165) is 11.0 Å². The minimum atomic E-state index is -0.0825. The molecule has 4 nitrogen and oxygen atoms in total. The van der Waals surface area contributed by atoms with Gasteiger partial charge in [0.2, 0.25) is 0 Å². The van der Waals surface area contributed by atoms with E-state index in [2.05, 4.69) is 31.5 Å². The first-order chi connectivity index (χ1) is 6.24. The van der Waals surface area contributed by atoms with Gasteiger partial charge >= 0.3 is 0 Å². The quantitative estimate of drug-likeness (QED) is 0.686. The topological polar surface area (TPSA) is 56.9 Å². The van der Waals surface area contributed by atoms with Gasteiger partial charge in [-0.05, 0) is 29.0 Å². The normalized spacial score (nSPS) is 10.0. The third-order valence-corrected chi connectivity index (χ3v) is 2.01. The van der Waals surface area contributed by atoms with Crippen LogP contribution in [0.1, 0.15) is 10.5 Å². The summed E-state index contributed by atoms with van der Waals surface area (Å²) in [4.78, 5) is 14.2. The molecule has 0 aliphatic carbocycles. The zero-order valence-electron chi connectivity index (χ0n) is 7.36. The molecule has 0 saturated carbocycles. The Hall–Kier alpha value is -0.810. The second-order valence-corrected chi connectivity index (χ2v) is 3.51. The Bertz CT molecular complexity index is 285. The molecule has 72 valence electrons. The van der Waals surface area contributed by atoms with Gasteiger partial charge in [0.05, 0.1) is 0 Å². The minimum absolute atomic E-state index is 0.0825. The zero-order chi connectivity index (χ0) is 9.68. The Morgan fingerprint density at radius 2 is 2.38 bits per heavy atom. The molecule has 1 rings (SSSR count). The van der Waals surface area contributed by atoms with Gasteiger partial charge in [0, 0.05) is 23.8 Å². The van der Waals surface area contributed by atoms with E-state index >= 15 is 0 Å². The molecule has 0 aromatic carbocycles. The molecule has 0 aliphatic heterocycles. The summed E-state index contributed by atoms with van der Waals surface area (Å²) >= 11 is 3.26. The lowest BCUT2D eigenvalue weighted by Gasteiger charge is -2.01. The number of aromatic nitrogens is 1. The molecule has 1 aromatic heterocycles. The van der Waals surface area contributed by atoms with Crippen molar-refractivity contribution in [3.63, 3.8) is 0 Å². The predicted molar refractivity (Wildman–Crippen MR) is 54.8 cm³/mol. The highest BCUT2D eigenvalue weighted by molar-refractivity contribution is 9.10. The summed E-state index contributed by atoms with van der Waals surface area (Å²) in [5, 5.41) is 5.71. The van der Waals surface area contributed by atoms with Crippen LogP contribution in [0.15, 0.2) is 16.7 Å². The van der Waals surface area contributed by atoms with Gasteiger partial charge in [-0.1, -0.05) is 0 Å². The number of carbonyl (C=O) groups excluding carboxylic acids is 1. The number of rotatable bonds is 4. The Balaban J connectivity index is 2.40. The lowest BCUT2D eigenvalue weighted by atomic mass is 10.4. The SMILES string of the molecule is CNCCNC(=O)c1cc(Br)c[nH]1. The monoisotopic (exact) mass is 245 g/mol. The molecule has 5 heteroatoms. The number of carbonyl (C=O) groups is 1. The van der Waals surface area contributed by atoms with E-state index < -0.39 is 0 Å². The zero-order valence-corrected chi connectivity index (χ0v) is 8.94. The van der Waals surface area contributed by atoms with E-state index in [1.807, 2.05) is 7.05 Å². The summed E-state index contributed by atoms with van der Waals surface area (Å²) < 4.78 is 0.881. The molecular formula is C8H12BrN3O. The minimum Gasteiger partial charge on any atom is -0.356 e. The number of amides is 1. The van der Waals surface area contributed by atoms with Crippen molar-refractivity contribution < 1.29 is 4.79 Å². The van der Waals surface area contributed by atoms with E-state index in [4.69, 9.17) is 0 Å². The van der Waals surface area contributed by atoms with Gasteiger partial charge in [-0.2, -0.15) is 0 Å². The van der Waals surface area contributed by atoms with Gasteiger partial charge in [-0.3, -0.25) is 4.79 Å². The van der Waals surface area contributed by atoms with Crippen molar-refractivity contribution in [2.24, 2.45) is 0 Å². The van der Waals surface area contributed by atoms with Crippen LogP contribution in [-0.2, 0) is 0 Å². The largest absolute Gasteiger partial charge is 0.356 e. The number of hydrogen-bond donors (Lipinski definition) is 3. The first-order valence-corrected chi connectivity index (χ1v) is 4.80. The predicted octanol–water partition coefficient (Wildman–Crippen LogP) is 0.726. The highest BCUT2D eigenvalue weighted by atomic mass is 79.9. The van der Waals surface area contributed by atoms with Gasteiger partial charge in [0.15, 0.2) is 0 Å². The fourth-order valence-corrected chi connectivity index (χ4v) is 1.24. The Morgan fingerprint density at radius 3 is 2.92 bits per heavy atom. The average Bonchev–Trinajstić information content (AvgIpc) is 2.52. The standard InChI is InChI=1S/C8H12BrN3O/c1-10-2-3-11-8(13)7-4-6(9)5-12-7/h4-5,10,12H,2-3H2,1H3,(H,11,13). The molecular weight excluding hydrogens is 234 g/mol. The fourth-order valence-electron chi connectivity index (χ4n) is 0.895. The second kappa shape index (κ2) is 5.04. The summed E-state index contributed by atoms with van der Waals surface area (Å²) in [6.45, 7) is 1.40. The molecule has 1 aromatic rings. The summed E-state index contributed by atoms with van der Waals surface area (Å²) in [7, 11) is 1.84. The maximum absolute atomic E-state index is 11.3. The van der Waals surface area contributed by atoms with E-state index in [-0.39, 0.29) is 5.91 Å². The molecule has 13 heavy (non-hydrogen) atoms. The number of H-pyrrole nitrogens is 1. The molecule has 0 spiro atoms. The molecule has 1 amide bonds. The van der Waals surface area contributed by atoms with E-state index in [0.29, 0.717) is 12.2 Å². The molecule has 1 heterocycles. The van der Waals surface area contributed by atoms with Crippen LogP contribution in [0.25, 0.3) is 0 Å². The van der Waals surface area contributed by atoms with Crippen molar-refractivity contribution in [1.82, 2.24) is 15.6 Å². The van der Waals surface area contributed by atoms with Crippen molar-refractivity contribution in [2.75, 3.05) is 20.1 Å². The Labute approximate surface area is 85.2 Å². The Kier molecular flexibility index (Phi) is 3.98. The third kappa shape index (κ3) is 3.20. The van der Waals surface area contributed by atoms with Crippen LogP contribution in [0.5, 0.6) is 0 Å². The van der Waals surface area contributed by atoms with Crippen molar-refractivity contribution in [2.45, 2.75) is 0 Å². The van der Waals surface area contributed by atoms with E-state index in [9.17, 15) is 4.79 Å². The molecule has 0 fully saturated rings. The van der Waals surface area contributed by atoms with E-state index in [1.165, 1.54) is 0 Å². The van der Waals surface area contributed by atoms with Crippen LogP contribution >= 0.6 is 15.9 Å². The lowest BCUT2D eigenvalue weighted by molar-refractivity contribution is 0.0950. The van der Waals surface area contributed by atoms with Gasteiger partial charge < -0.3 is 15.6 Å². The maximum atomic E-state index is 11.3. The van der Waals surface area contributed by atoms with E-state index in [1.54, 1.807) is 12.3 Å². The smallest absolute Gasteiger partial charge is 0.267 e. The van der Waals surface area contributed by atoms with Gasteiger partial charge in [-0.25, -0.2) is 0 Å². The molecule has 0 aliphatic rings. The fraction of sp³-hybridized carbons (Fsp3) is 0.375. The maximum Gasteiger partial charge on any atom is 0.267 e. The molecule has 3 N–H and O–H groups in total. The van der Waals surface area contributed by atoms with Crippen LogP contribution in [0.2, 0.25) is 0 Å². The van der Waals surface area contributed by atoms with Crippen molar-refractivity contribution in [3.8, 4) is 0 Å². The summed E-state index contributed by atoms with van der Waals surface area (Å²) in [5.41, 5.74) is 0.572. The highest BCUT2D eigenvalue weighted by Gasteiger charge is 2.05. The average molecular weight is 246 g/mol. The lowest BCUT2D eigenvalue weighted by Crippen LogP contribution is -2.30. The van der Waals surface area contributed by atoms with Crippen molar-refractivity contribution in [1.29, 1.82) is 0 Å². The number of aromatic amines is 1. The number of halogens is 1. The molecule has 0 bridgehead atoms. The molecule has 0 saturated heterocycles.